The highest BCUT2D eigenvalue weighted by Gasteiger charge is 2.19. The van der Waals surface area contributed by atoms with Crippen molar-refractivity contribution < 1.29 is 0 Å². The lowest BCUT2D eigenvalue weighted by Crippen LogP contribution is -2.39. The summed E-state index contributed by atoms with van der Waals surface area (Å²) in [7, 11) is 0. The van der Waals surface area contributed by atoms with Crippen LogP contribution in [0.2, 0.25) is 0 Å². The van der Waals surface area contributed by atoms with Crippen LogP contribution in [0.15, 0.2) is 96.9 Å². The van der Waals surface area contributed by atoms with Gasteiger partial charge in [-0.3, -0.25) is 0 Å². The topological polar surface area (TPSA) is 38.0 Å². The van der Waals surface area contributed by atoms with E-state index in [9.17, 15) is 0 Å². The molecule has 2 aromatic carbocycles. The molecule has 0 amide bonds. The van der Waals surface area contributed by atoms with Crippen LogP contribution in [0.5, 0.6) is 0 Å². The zero-order valence-electron chi connectivity index (χ0n) is 19.0. The first-order valence-electron chi connectivity index (χ1n) is 11.1. The average Bonchev–Trinajstić information content (AvgIpc) is 3.08. The minimum absolute atomic E-state index is 0.405. The van der Waals surface area contributed by atoms with E-state index in [1.54, 1.807) is 0 Å². The number of nitrogens with one attached hydrogen (secondary N) is 1. The predicted molar refractivity (Wildman–Crippen MR) is 135 cm³/mol. The predicted octanol–water partition coefficient (Wildman–Crippen LogP) is 7.14. The fourth-order valence-electron chi connectivity index (χ4n) is 3.46. The average molecular weight is 411 g/mol. The lowest BCUT2D eigenvalue weighted by molar-refractivity contribution is 0.535. The molecule has 2 aromatic rings. The summed E-state index contributed by atoms with van der Waals surface area (Å²) in [6, 6.07) is 17.5. The summed E-state index contributed by atoms with van der Waals surface area (Å²) in [5.74, 6) is 0.494. The van der Waals surface area contributed by atoms with Crippen molar-refractivity contribution in [1.82, 2.24) is 0 Å². The maximum atomic E-state index is 6.26. The first-order valence-corrected chi connectivity index (χ1v) is 11.1. The molecule has 2 nitrogen and oxygen atoms in total. The molecular formula is C29H34N2. The van der Waals surface area contributed by atoms with E-state index in [2.05, 4.69) is 92.2 Å². The third kappa shape index (κ3) is 6.21. The van der Waals surface area contributed by atoms with E-state index in [4.69, 9.17) is 5.73 Å². The fraction of sp³-hybridized carbons (Fsp3) is 0.276. The molecule has 0 aliphatic heterocycles. The van der Waals surface area contributed by atoms with E-state index in [-0.39, 0.29) is 0 Å². The van der Waals surface area contributed by atoms with E-state index < -0.39 is 5.54 Å². The molecule has 1 aliphatic rings. The molecule has 2 unspecified atom stereocenters. The van der Waals surface area contributed by atoms with Crippen molar-refractivity contribution in [2.45, 2.75) is 51.5 Å². The SMILES string of the molecule is C=C(Nc1ccc(C(C)CCc2ccc(C3=C=CC=CC=C3)cc2)cc1)C(C)(N)CC. The second kappa shape index (κ2) is 10.3. The van der Waals surface area contributed by atoms with Crippen LogP contribution in [0.3, 0.4) is 0 Å². The van der Waals surface area contributed by atoms with Gasteiger partial charge in [-0.1, -0.05) is 75.1 Å². The number of allylic oxidation sites excluding steroid dienone is 5. The molecule has 0 bridgehead atoms. The summed E-state index contributed by atoms with van der Waals surface area (Å²) in [5, 5.41) is 3.36. The Morgan fingerprint density at radius 2 is 1.77 bits per heavy atom. The van der Waals surface area contributed by atoms with Crippen LogP contribution < -0.4 is 11.1 Å². The first kappa shape index (κ1) is 22.6. The summed E-state index contributed by atoms with van der Waals surface area (Å²) < 4.78 is 0. The van der Waals surface area contributed by atoms with Crippen LogP contribution in [0.25, 0.3) is 5.57 Å². The summed E-state index contributed by atoms with van der Waals surface area (Å²) in [6.45, 7) is 10.5. The van der Waals surface area contributed by atoms with E-state index >= 15 is 0 Å². The maximum absolute atomic E-state index is 6.26. The molecule has 3 N–H and O–H groups in total. The summed E-state index contributed by atoms with van der Waals surface area (Å²) in [6.07, 6.45) is 13.1. The van der Waals surface area contributed by atoms with Gasteiger partial charge in [0, 0.05) is 17.0 Å². The van der Waals surface area contributed by atoms with Crippen molar-refractivity contribution >= 4 is 11.3 Å². The summed E-state index contributed by atoms with van der Waals surface area (Å²) >= 11 is 0. The van der Waals surface area contributed by atoms with Crippen LogP contribution in [0.4, 0.5) is 5.69 Å². The highest BCUT2D eigenvalue weighted by Crippen LogP contribution is 2.25. The number of nitrogens with two attached hydrogens (primary N) is 1. The van der Waals surface area contributed by atoms with Gasteiger partial charge in [0.15, 0.2) is 0 Å². The van der Waals surface area contributed by atoms with E-state index in [0.717, 1.165) is 36.2 Å². The second-order valence-electron chi connectivity index (χ2n) is 8.60. The first-order chi connectivity index (χ1) is 14.9. The Labute approximate surface area is 187 Å². The molecule has 0 heterocycles. The number of anilines is 1. The number of hydrogen-bond donors (Lipinski definition) is 2. The van der Waals surface area contributed by atoms with Gasteiger partial charge >= 0.3 is 0 Å². The third-order valence-corrected chi connectivity index (χ3v) is 6.15. The third-order valence-electron chi connectivity index (χ3n) is 6.15. The van der Waals surface area contributed by atoms with Crippen molar-refractivity contribution in [3.8, 4) is 0 Å². The van der Waals surface area contributed by atoms with Crippen LogP contribution in [-0.4, -0.2) is 5.54 Å². The smallest absolute Gasteiger partial charge is 0.0524 e. The van der Waals surface area contributed by atoms with Crippen molar-refractivity contribution in [2.24, 2.45) is 5.73 Å². The lowest BCUT2D eigenvalue weighted by Gasteiger charge is -2.26. The van der Waals surface area contributed by atoms with Gasteiger partial charge in [-0.15, -0.1) is 5.73 Å². The molecule has 160 valence electrons. The molecule has 1 aliphatic carbocycles. The van der Waals surface area contributed by atoms with E-state index in [1.807, 2.05) is 25.2 Å². The molecule has 31 heavy (non-hydrogen) atoms. The van der Waals surface area contributed by atoms with Crippen LogP contribution in [0.1, 0.15) is 56.2 Å². The Hall–Kier alpha value is -3.06. The largest absolute Gasteiger partial charge is 0.358 e. The van der Waals surface area contributed by atoms with Gasteiger partial charge in [0.2, 0.25) is 0 Å². The molecule has 0 fully saturated rings. The maximum Gasteiger partial charge on any atom is 0.0524 e. The Morgan fingerprint density at radius 1 is 1.06 bits per heavy atom. The van der Waals surface area contributed by atoms with Gasteiger partial charge in [0.25, 0.3) is 0 Å². The van der Waals surface area contributed by atoms with E-state index in [1.165, 1.54) is 16.7 Å². The summed E-state index contributed by atoms with van der Waals surface area (Å²) in [4.78, 5) is 0. The molecule has 2 atom stereocenters. The zero-order valence-corrected chi connectivity index (χ0v) is 19.0. The number of hydrogen-bond acceptors (Lipinski definition) is 2. The van der Waals surface area contributed by atoms with Gasteiger partial charge in [0.1, 0.15) is 0 Å². The quantitative estimate of drug-likeness (QED) is 0.431. The lowest BCUT2D eigenvalue weighted by atomic mass is 9.93. The van der Waals surface area contributed by atoms with Gasteiger partial charge in [0.05, 0.1) is 5.54 Å². The molecule has 0 saturated carbocycles. The number of benzene rings is 2. The highest BCUT2D eigenvalue weighted by molar-refractivity contribution is 5.74. The Balaban J connectivity index is 1.55. The number of aryl methyl sites for hydroxylation is 1. The van der Waals surface area contributed by atoms with Crippen molar-refractivity contribution in [2.75, 3.05) is 5.32 Å². The Morgan fingerprint density at radius 3 is 2.45 bits per heavy atom. The summed E-state index contributed by atoms with van der Waals surface area (Å²) in [5.41, 5.74) is 16.1. The fourth-order valence-corrected chi connectivity index (χ4v) is 3.46. The Bertz CT molecular complexity index is 1010. The molecular weight excluding hydrogens is 376 g/mol. The Kier molecular flexibility index (Phi) is 7.52. The van der Waals surface area contributed by atoms with Gasteiger partial charge in [-0.05, 0) is 73.1 Å². The van der Waals surface area contributed by atoms with Gasteiger partial charge in [-0.2, -0.15) is 0 Å². The van der Waals surface area contributed by atoms with Crippen LogP contribution >= 0.6 is 0 Å². The van der Waals surface area contributed by atoms with Gasteiger partial charge < -0.3 is 11.1 Å². The standard InChI is InChI=1S/C29H34N2/c1-5-29(4,30)23(3)31-28-20-18-25(19-21-28)22(2)12-13-24-14-16-27(17-15-24)26-10-8-6-7-9-11-26/h6-10,14-22,31H,3,5,12-13,30H2,1-2,4H3. The molecule has 0 spiro atoms. The van der Waals surface area contributed by atoms with Crippen molar-refractivity contribution in [3.05, 3.63) is 114 Å². The van der Waals surface area contributed by atoms with Crippen molar-refractivity contribution in [3.63, 3.8) is 0 Å². The zero-order chi connectivity index (χ0) is 22.3. The molecule has 0 saturated heterocycles. The number of rotatable bonds is 9. The molecule has 2 heteroatoms. The normalized spacial score (nSPS) is 15.7. The molecule has 3 rings (SSSR count). The van der Waals surface area contributed by atoms with Crippen LogP contribution in [-0.2, 0) is 6.42 Å². The minimum Gasteiger partial charge on any atom is -0.358 e. The van der Waals surface area contributed by atoms with Crippen LogP contribution in [0, 0.1) is 0 Å². The monoisotopic (exact) mass is 410 g/mol. The second-order valence-corrected chi connectivity index (χ2v) is 8.60. The molecule has 0 radical (unpaired) electrons. The van der Waals surface area contributed by atoms with E-state index in [0.29, 0.717) is 5.92 Å². The highest BCUT2D eigenvalue weighted by atomic mass is 15.0. The minimum atomic E-state index is -0.405. The van der Waals surface area contributed by atoms with Gasteiger partial charge in [-0.25, -0.2) is 0 Å². The molecule has 0 aromatic heterocycles. The van der Waals surface area contributed by atoms with Crippen molar-refractivity contribution in [1.29, 1.82) is 0 Å².